The molecule has 0 spiro atoms. The number of carbonyl (C=O) groups is 3. The number of nitrogens with zero attached hydrogens (tertiary/aromatic N) is 2. The first-order chi connectivity index (χ1) is 27.8. The molecule has 0 aliphatic heterocycles. The summed E-state index contributed by atoms with van der Waals surface area (Å²) >= 11 is 0. The number of benzene rings is 4. The molecule has 0 saturated carbocycles. The molecule has 0 saturated heterocycles. The molecule has 2 aliphatic rings. The minimum Gasteiger partial charge on any atom is -0.506 e. The fourth-order valence-corrected chi connectivity index (χ4v) is 8.08. The molecule has 23 nitrogen and oxygen atoms in total. The molecular formula is C33H24N6O17S4. The minimum atomic E-state index is -5.22. The van der Waals surface area contributed by atoms with Crippen molar-refractivity contribution in [3.8, 4) is 11.5 Å². The van der Waals surface area contributed by atoms with Gasteiger partial charge in [-0.1, -0.05) is 6.07 Å². The Morgan fingerprint density at radius 2 is 1.08 bits per heavy atom. The second-order valence-electron chi connectivity index (χ2n) is 12.3. The third-order valence-corrected chi connectivity index (χ3v) is 11.7. The standard InChI is InChI=1S/C33H24N6O17S4/c40-25-7-3-19(57(45,46)47)13-23(25)36-38-29-27(42)11-15-9-18(2-6-22(15)32(29)60(54,55)56)35-33(44)34-17-1-5-21-16(10-17)12-28(59(51,52)53)30(31(21)43)39-37-24-14-20(58(48,49)50)4-8-26(24)41/h1-14,36-37,40-41H,(H2,34,35,44)(H,45,46,47)(H,48,49,50)(H,51,52,53)(H,54,55,56)/b38-29-,39-30-. The molecular weight excluding hydrogens is 881 g/mol. The molecule has 312 valence electrons. The first kappa shape index (κ1) is 42.7. The molecule has 4 aromatic carbocycles. The third-order valence-electron chi connectivity index (χ3n) is 8.22. The van der Waals surface area contributed by atoms with Crippen LogP contribution in [0.2, 0.25) is 0 Å². The molecule has 2 aliphatic carbocycles. The Morgan fingerprint density at radius 1 is 0.567 bits per heavy atom. The van der Waals surface area contributed by atoms with Crippen molar-refractivity contribution in [1.29, 1.82) is 0 Å². The van der Waals surface area contributed by atoms with Gasteiger partial charge < -0.3 is 20.8 Å². The summed E-state index contributed by atoms with van der Waals surface area (Å²) in [5.74, 6) is -3.43. The minimum absolute atomic E-state index is 0.0429. The number of hydrazone groups is 2. The van der Waals surface area contributed by atoms with Crippen LogP contribution in [0.1, 0.15) is 15.9 Å². The van der Waals surface area contributed by atoms with Crippen molar-refractivity contribution in [1.82, 2.24) is 0 Å². The molecule has 0 fully saturated rings. The molecule has 0 heterocycles. The number of anilines is 4. The van der Waals surface area contributed by atoms with E-state index in [2.05, 4.69) is 31.7 Å². The highest BCUT2D eigenvalue weighted by Gasteiger charge is 2.34. The Kier molecular flexibility index (Phi) is 11.0. The van der Waals surface area contributed by atoms with E-state index < -0.39 is 112 Å². The zero-order valence-electron chi connectivity index (χ0n) is 29.3. The van der Waals surface area contributed by atoms with E-state index in [1.807, 2.05) is 0 Å². The molecule has 10 N–H and O–H groups in total. The molecule has 0 aromatic heterocycles. The second kappa shape index (κ2) is 15.4. The van der Waals surface area contributed by atoms with Crippen LogP contribution >= 0.6 is 0 Å². The summed E-state index contributed by atoms with van der Waals surface area (Å²) < 4.78 is 134. The molecule has 2 amide bonds. The number of Topliss-reactive ketones (excluding diaryl/α,β-unsaturated/α-hetero) is 2. The molecule has 6 rings (SSSR count). The van der Waals surface area contributed by atoms with Crippen molar-refractivity contribution in [3.05, 3.63) is 99.3 Å². The third kappa shape index (κ3) is 9.06. The average Bonchev–Trinajstić information content (AvgIpc) is 3.12. The summed E-state index contributed by atoms with van der Waals surface area (Å²) in [5, 5.41) is 31.9. The average molecular weight is 905 g/mol. The molecule has 0 unspecified atom stereocenters. The monoisotopic (exact) mass is 904 g/mol. The normalized spacial score (nSPS) is 15.7. The molecule has 0 bridgehead atoms. The van der Waals surface area contributed by atoms with Gasteiger partial charge in [-0.3, -0.25) is 38.7 Å². The fraction of sp³-hybridized carbons (Fsp3) is 0. The number of carbonyl (C=O) groups excluding carboxylic acids is 3. The first-order valence-corrected chi connectivity index (χ1v) is 21.7. The highest BCUT2D eigenvalue weighted by molar-refractivity contribution is 7.96. The number of ketones is 2. The lowest BCUT2D eigenvalue weighted by Gasteiger charge is -2.17. The van der Waals surface area contributed by atoms with E-state index in [1.54, 1.807) is 0 Å². The highest BCUT2D eigenvalue weighted by atomic mass is 32.2. The predicted octanol–water partition coefficient (Wildman–Crippen LogP) is 0.956. The number of phenols is 2. The van der Waals surface area contributed by atoms with Gasteiger partial charge in [-0.25, -0.2) is 4.79 Å². The first-order valence-electron chi connectivity index (χ1n) is 15.9. The lowest BCUT2D eigenvalue weighted by atomic mass is 9.94. The molecule has 0 atom stereocenters. The summed E-state index contributed by atoms with van der Waals surface area (Å²) in [6.45, 7) is 0. The number of hydrogen-bond acceptors (Lipinski definition) is 17. The van der Waals surface area contributed by atoms with Crippen molar-refractivity contribution in [3.63, 3.8) is 0 Å². The SMILES string of the molecule is O=C(Nc1ccc2c(c1)C=C(S(=O)(=O)O)/C(=N/Nc1cc(S(=O)(=O)O)ccc1O)C2=O)Nc1ccc2c(c1)=CC(=O)/C(=N/Nc1cc(S(=O)(=O)O)ccc1O)C=2S(=O)(=O)O. The zero-order valence-corrected chi connectivity index (χ0v) is 32.6. The molecule has 4 aromatic rings. The van der Waals surface area contributed by atoms with Gasteiger partial charge in [0.2, 0.25) is 11.6 Å². The van der Waals surface area contributed by atoms with Crippen molar-refractivity contribution in [2.75, 3.05) is 21.5 Å². The van der Waals surface area contributed by atoms with Crippen LogP contribution in [0.4, 0.5) is 27.5 Å². The molecule has 0 radical (unpaired) electrons. The fourth-order valence-electron chi connectivity index (χ4n) is 5.56. The van der Waals surface area contributed by atoms with Crippen LogP contribution in [0.25, 0.3) is 17.1 Å². The lowest BCUT2D eigenvalue weighted by Crippen LogP contribution is -2.40. The number of rotatable bonds is 10. The van der Waals surface area contributed by atoms with Gasteiger partial charge in [0.25, 0.3) is 40.5 Å². The summed E-state index contributed by atoms with van der Waals surface area (Å²) in [4.78, 5) is 36.0. The van der Waals surface area contributed by atoms with E-state index in [0.29, 0.717) is 0 Å². The van der Waals surface area contributed by atoms with Crippen LogP contribution in [0.15, 0.2) is 97.7 Å². The van der Waals surface area contributed by atoms with Gasteiger partial charge in [0.05, 0.1) is 21.2 Å². The van der Waals surface area contributed by atoms with Gasteiger partial charge in [-0.15, -0.1) is 0 Å². The largest absolute Gasteiger partial charge is 0.506 e. The van der Waals surface area contributed by atoms with Crippen LogP contribution in [0.3, 0.4) is 0 Å². The summed E-state index contributed by atoms with van der Waals surface area (Å²) in [7, 11) is -19.9. The van der Waals surface area contributed by atoms with Crippen molar-refractivity contribution in [2.24, 2.45) is 10.2 Å². The van der Waals surface area contributed by atoms with Crippen molar-refractivity contribution in [2.45, 2.75) is 9.79 Å². The maximum Gasteiger partial charge on any atom is 0.323 e. The van der Waals surface area contributed by atoms with Gasteiger partial charge in [0.15, 0.2) is 11.4 Å². The van der Waals surface area contributed by atoms with E-state index in [4.69, 9.17) is 0 Å². The van der Waals surface area contributed by atoms with Gasteiger partial charge in [0.1, 0.15) is 21.3 Å². The maximum atomic E-state index is 13.4. The number of hydrogen-bond donors (Lipinski definition) is 10. The topological polar surface area (TPSA) is 382 Å². The van der Waals surface area contributed by atoms with E-state index in [1.165, 1.54) is 12.1 Å². The maximum absolute atomic E-state index is 13.4. The van der Waals surface area contributed by atoms with Gasteiger partial charge in [-0.2, -0.15) is 43.9 Å². The van der Waals surface area contributed by atoms with E-state index in [0.717, 1.165) is 72.8 Å². The Balaban J connectivity index is 1.25. The van der Waals surface area contributed by atoms with Crippen LogP contribution in [-0.2, 0) is 45.3 Å². The highest BCUT2D eigenvalue weighted by Crippen LogP contribution is 2.31. The number of aromatic hydroxyl groups is 2. The summed E-state index contributed by atoms with van der Waals surface area (Å²) in [5.41, 5.74) is 1.11. The van der Waals surface area contributed by atoms with E-state index in [9.17, 15) is 76.5 Å². The zero-order chi connectivity index (χ0) is 44.1. The predicted molar refractivity (Wildman–Crippen MR) is 211 cm³/mol. The quantitative estimate of drug-likeness (QED) is 0.0601. The number of nitrogens with one attached hydrogen (secondary N) is 4. The lowest BCUT2D eigenvalue weighted by molar-refractivity contribution is -0.107. The summed E-state index contributed by atoms with van der Waals surface area (Å²) in [6, 6.07) is 10.8. The van der Waals surface area contributed by atoms with Crippen LogP contribution < -0.4 is 31.9 Å². The van der Waals surface area contributed by atoms with Crippen molar-refractivity contribution >= 4 is 109 Å². The Morgan fingerprint density at radius 3 is 1.60 bits per heavy atom. The number of urea groups is 1. The second-order valence-corrected chi connectivity index (χ2v) is 17.9. The Labute approximate surface area is 336 Å². The molecule has 27 heteroatoms. The smallest absolute Gasteiger partial charge is 0.323 e. The van der Waals surface area contributed by atoms with Gasteiger partial charge in [-0.05, 0) is 89.7 Å². The number of fused-ring (bicyclic) bond motifs is 2. The van der Waals surface area contributed by atoms with E-state index >= 15 is 0 Å². The van der Waals surface area contributed by atoms with Crippen LogP contribution in [0.5, 0.6) is 11.5 Å². The Hall–Kier alpha value is -6.85. The Bertz CT molecular complexity index is 3290. The van der Waals surface area contributed by atoms with Gasteiger partial charge in [0, 0.05) is 22.2 Å². The summed E-state index contributed by atoms with van der Waals surface area (Å²) in [6.07, 6.45) is 1.71. The van der Waals surface area contributed by atoms with E-state index in [-0.39, 0.29) is 32.9 Å². The number of amides is 2. The van der Waals surface area contributed by atoms with Crippen LogP contribution in [-0.4, -0.2) is 91.1 Å². The number of phenolic OH excluding ortho intramolecular Hbond substituents is 2. The van der Waals surface area contributed by atoms with Gasteiger partial charge >= 0.3 is 6.03 Å². The van der Waals surface area contributed by atoms with Crippen LogP contribution in [0, 0.1) is 0 Å². The number of allylic oxidation sites excluding steroid dienone is 1. The van der Waals surface area contributed by atoms with Crippen molar-refractivity contribution < 1.29 is 76.5 Å². The molecule has 60 heavy (non-hydrogen) atoms.